The van der Waals surface area contributed by atoms with E-state index in [1.165, 1.54) is 6.33 Å². The second kappa shape index (κ2) is 5.61. The van der Waals surface area contributed by atoms with Crippen molar-refractivity contribution in [1.82, 2.24) is 9.97 Å². The standard InChI is InChI=1S/C12H16N4O2/c13-9-1-2-11-10(7-9)12(15-8-14-11)16(3-5-17)4-6-18/h1-2,7-8,17-18H,3-6,13H2. The van der Waals surface area contributed by atoms with E-state index < -0.39 is 0 Å². The molecule has 18 heavy (non-hydrogen) atoms. The number of anilines is 2. The lowest BCUT2D eigenvalue weighted by molar-refractivity contribution is 0.281. The van der Waals surface area contributed by atoms with Gasteiger partial charge in [-0.2, -0.15) is 0 Å². The number of nitrogens with zero attached hydrogens (tertiary/aromatic N) is 3. The Morgan fingerprint density at radius 1 is 1.11 bits per heavy atom. The highest BCUT2D eigenvalue weighted by molar-refractivity contribution is 5.91. The van der Waals surface area contributed by atoms with Gasteiger partial charge in [-0.1, -0.05) is 0 Å². The first-order valence-electron chi connectivity index (χ1n) is 5.73. The second-order valence-corrected chi connectivity index (χ2v) is 3.91. The summed E-state index contributed by atoms with van der Waals surface area (Å²) in [4.78, 5) is 10.2. The Labute approximate surface area is 105 Å². The molecule has 0 aliphatic carbocycles. The number of aliphatic hydroxyl groups is 2. The molecule has 0 saturated heterocycles. The van der Waals surface area contributed by atoms with Gasteiger partial charge in [-0.05, 0) is 18.2 Å². The molecule has 6 heteroatoms. The Hall–Kier alpha value is -1.92. The quantitative estimate of drug-likeness (QED) is 0.645. The predicted octanol–water partition coefficient (Wildman–Crippen LogP) is 0.00300. The van der Waals surface area contributed by atoms with Crippen molar-refractivity contribution in [2.45, 2.75) is 0 Å². The smallest absolute Gasteiger partial charge is 0.140 e. The maximum atomic E-state index is 9.06. The first kappa shape index (κ1) is 12.5. The van der Waals surface area contributed by atoms with Crippen LogP contribution in [-0.4, -0.2) is 46.5 Å². The average molecular weight is 248 g/mol. The summed E-state index contributed by atoms with van der Waals surface area (Å²) >= 11 is 0. The van der Waals surface area contributed by atoms with E-state index in [1.807, 2.05) is 11.0 Å². The van der Waals surface area contributed by atoms with Crippen LogP contribution >= 0.6 is 0 Å². The molecule has 2 aromatic rings. The third-order valence-electron chi connectivity index (χ3n) is 2.68. The maximum absolute atomic E-state index is 9.06. The third-order valence-corrected chi connectivity index (χ3v) is 2.68. The zero-order chi connectivity index (χ0) is 13.0. The number of rotatable bonds is 5. The highest BCUT2D eigenvalue weighted by atomic mass is 16.3. The number of aromatic nitrogens is 2. The molecule has 1 heterocycles. The number of nitrogen functional groups attached to an aromatic ring is 1. The van der Waals surface area contributed by atoms with Gasteiger partial charge < -0.3 is 20.8 Å². The van der Waals surface area contributed by atoms with Crippen LogP contribution in [0.5, 0.6) is 0 Å². The molecule has 0 spiro atoms. The Balaban J connectivity index is 2.50. The van der Waals surface area contributed by atoms with Gasteiger partial charge in [-0.3, -0.25) is 0 Å². The molecule has 0 fully saturated rings. The molecule has 1 aromatic carbocycles. The topological polar surface area (TPSA) is 95.5 Å². The van der Waals surface area contributed by atoms with Crippen molar-refractivity contribution in [2.75, 3.05) is 36.9 Å². The largest absolute Gasteiger partial charge is 0.399 e. The van der Waals surface area contributed by atoms with Crippen LogP contribution in [0.4, 0.5) is 11.5 Å². The van der Waals surface area contributed by atoms with Gasteiger partial charge in [0.2, 0.25) is 0 Å². The fourth-order valence-electron chi connectivity index (χ4n) is 1.88. The highest BCUT2D eigenvalue weighted by Crippen LogP contribution is 2.24. The first-order valence-corrected chi connectivity index (χ1v) is 5.73. The van der Waals surface area contributed by atoms with Gasteiger partial charge in [0.1, 0.15) is 12.1 Å². The summed E-state index contributed by atoms with van der Waals surface area (Å²) in [5.74, 6) is 0.676. The summed E-state index contributed by atoms with van der Waals surface area (Å²) in [6, 6.07) is 5.40. The highest BCUT2D eigenvalue weighted by Gasteiger charge is 2.11. The summed E-state index contributed by atoms with van der Waals surface area (Å²) in [5.41, 5.74) is 7.19. The molecule has 0 amide bonds. The van der Waals surface area contributed by atoms with Gasteiger partial charge >= 0.3 is 0 Å². The fourth-order valence-corrected chi connectivity index (χ4v) is 1.88. The van der Waals surface area contributed by atoms with E-state index in [0.29, 0.717) is 24.6 Å². The van der Waals surface area contributed by atoms with E-state index in [9.17, 15) is 0 Å². The van der Waals surface area contributed by atoms with E-state index in [-0.39, 0.29) is 13.2 Å². The zero-order valence-corrected chi connectivity index (χ0v) is 9.95. The van der Waals surface area contributed by atoms with Crippen molar-refractivity contribution >= 4 is 22.4 Å². The fraction of sp³-hybridized carbons (Fsp3) is 0.333. The molecule has 1 aromatic heterocycles. The normalized spacial score (nSPS) is 10.8. The van der Waals surface area contributed by atoms with Gasteiger partial charge in [0.05, 0.1) is 18.7 Å². The van der Waals surface area contributed by atoms with Crippen LogP contribution in [0.25, 0.3) is 10.9 Å². The summed E-state index contributed by atoms with van der Waals surface area (Å²) in [6.07, 6.45) is 1.47. The first-order chi connectivity index (χ1) is 8.76. The number of benzene rings is 1. The van der Waals surface area contributed by atoms with E-state index in [2.05, 4.69) is 9.97 Å². The number of hydrogen-bond donors (Lipinski definition) is 3. The predicted molar refractivity (Wildman–Crippen MR) is 70.3 cm³/mol. The summed E-state index contributed by atoms with van der Waals surface area (Å²) < 4.78 is 0. The minimum absolute atomic E-state index is 0.00614. The number of fused-ring (bicyclic) bond motifs is 1. The minimum atomic E-state index is -0.00614. The van der Waals surface area contributed by atoms with Crippen molar-refractivity contribution < 1.29 is 10.2 Å². The Kier molecular flexibility index (Phi) is 3.91. The molecular formula is C12H16N4O2. The van der Waals surface area contributed by atoms with Crippen molar-refractivity contribution in [1.29, 1.82) is 0 Å². The van der Waals surface area contributed by atoms with Gasteiger partial charge in [0.25, 0.3) is 0 Å². The monoisotopic (exact) mass is 248 g/mol. The zero-order valence-electron chi connectivity index (χ0n) is 9.95. The van der Waals surface area contributed by atoms with Crippen LogP contribution in [-0.2, 0) is 0 Å². The van der Waals surface area contributed by atoms with Crippen molar-refractivity contribution in [3.05, 3.63) is 24.5 Å². The summed E-state index contributed by atoms with van der Waals surface area (Å²) in [7, 11) is 0. The summed E-state index contributed by atoms with van der Waals surface area (Å²) in [6.45, 7) is 0.796. The molecule has 4 N–H and O–H groups in total. The Morgan fingerprint density at radius 2 is 1.83 bits per heavy atom. The van der Waals surface area contributed by atoms with Crippen LogP contribution in [0, 0.1) is 0 Å². The van der Waals surface area contributed by atoms with Gasteiger partial charge in [-0.15, -0.1) is 0 Å². The van der Waals surface area contributed by atoms with Crippen LogP contribution in [0.15, 0.2) is 24.5 Å². The van der Waals surface area contributed by atoms with Gasteiger partial charge in [0.15, 0.2) is 0 Å². The van der Waals surface area contributed by atoms with Gasteiger partial charge in [-0.25, -0.2) is 9.97 Å². The SMILES string of the molecule is Nc1ccc2ncnc(N(CCO)CCO)c2c1. The van der Waals surface area contributed by atoms with E-state index >= 15 is 0 Å². The van der Waals surface area contributed by atoms with Crippen molar-refractivity contribution in [3.63, 3.8) is 0 Å². The van der Waals surface area contributed by atoms with Gasteiger partial charge in [0, 0.05) is 24.2 Å². The molecule has 0 saturated carbocycles. The van der Waals surface area contributed by atoms with Crippen molar-refractivity contribution in [2.24, 2.45) is 0 Å². The molecule has 0 bridgehead atoms. The Bertz CT molecular complexity index is 526. The summed E-state index contributed by atoms with van der Waals surface area (Å²) in [5, 5.41) is 18.9. The molecular weight excluding hydrogens is 232 g/mol. The third kappa shape index (κ3) is 2.49. The van der Waals surface area contributed by atoms with Crippen LogP contribution < -0.4 is 10.6 Å². The molecule has 0 radical (unpaired) electrons. The molecule has 96 valence electrons. The van der Waals surface area contributed by atoms with Crippen LogP contribution in [0.1, 0.15) is 0 Å². The van der Waals surface area contributed by atoms with E-state index in [0.717, 1.165) is 10.9 Å². The Morgan fingerprint density at radius 3 is 2.50 bits per heavy atom. The second-order valence-electron chi connectivity index (χ2n) is 3.91. The molecule has 0 unspecified atom stereocenters. The minimum Gasteiger partial charge on any atom is -0.399 e. The van der Waals surface area contributed by atoms with E-state index in [4.69, 9.17) is 15.9 Å². The van der Waals surface area contributed by atoms with E-state index in [1.54, 1.807) is 12.1 Å². The molecule has 6 nitrogen and oxygen atoms in total. The van der Waals surface area contributed by atoms with Crippen LogP contribution in [0.2, 0.25) is 0 Å². The number of hydrogen-bond acceptors (Lipinski definition) is 6. The van der Waals surface area contributed by atoms with Crippen molar-refractivity contribution in [3.8, 4) is 0 Å². The lowest BCUT2D eigenvalue weighted by Crippen LogP contribution is -2.30. The molecule has 0 aliphatic rings. The maximum Gasteiger partial charge on any atom is 0.140 e. The lowest BCUT2D eigenvalue weighted by Gasteiger charge is -2.22. The number of nitrogens with two attached hydrogens (primary N) is 1. The average Bonchev–Trinajstić information content (AvgIpc) is 2.38. The van der Waals surface area contributed by atoms with Crippen LogP contribution in [0.3, 0.4) is 0 Å². The lowest BCUT2D eigenvalue weighted by atomic mass is 10.2. The molecule has 0 aliphatic heterocycles. The molecule has 2 rings (SSSR count). The molecule has 0 atom stereocenters. The number of aliphatic hydroxyl groups excluding tert-OH is 2.